The van der Waals surface area contributed by atoms with Gasteiger partial charge in [0.2, 0.25) is 0 Å². The summed E-state index contributed by atoms with van der Waals surface area (Å²) in [5.41, 5.74) is 4.48. The van der Waals surface area contributed by atoms with E-state index in [2.05, 4.69) is 0 Å². The van der Waals surface area contributed by atoms with Crippen molar-refractivity contribution < 1.29 is 25.5 Å². The molecule has 0 radical (unpaired) electrons. The van der Waals surface area contributed by atoms with Gasteiger partial charge in [-0.3, -0.25) is 0 Å². The Balaban J connectivity index is 0.000000194. The van der Waals surface area contributed by atoms with Crippen molar-refractivity contribution in [1.29, 1.82) is 0 Å². The van der Waals surface area contributed by atoms with Gasteiger partial charge < -0.3 is 25.5 Å². The summed E-state index contributed by atoms with van der Waals surface area (Å²) in [5.74, 6) is 0.871. The second-order valence-electron chi connectivity index (χ2n) is 9.01. The van der Waals surface area contributed by atoms with E-state index >= 15 is 0 Å². The van der Waals surface area contributed by atoms with E-state index in [0.717, 1.165) is 34.2 Å². The van der Waals surface area contributed by atoms with Crippen LogP contribution >= 0.6 is 0 Å². The minimum Gasteiger partial charge on any atom is -0.508 e. The third-order valence-corrected chi connectivity index (χ3v) is 6.32. The Bertz CT molecular complexity index is 1370. The highest BCUT2D eigenvalue weighted by atomic mass is 16.3. The molecule has 0 saturated heterocycles. The minimum absolute atomic E-state index is 0.177. The van der Waals surface area contributed by atoms with Gasteiger partial charge in [0.05, 0.1) is 0 Å². The molecule has 0 unspecified atom stereocenters. The molecule has 5 N–H and O–H groups in total. The number of rotatable bonds is 6. The normalized spacial score (nSPS) is 10.6. The molecule has 5 aromatic carbocycles. The number of benzene rings is 5. The van der Waals surface area contributed by atoms with Gasteiger partial charge in [0.1, 0.15) is 28.7 Å². The zero-order chi connectivity index (χ0) is 26.9. The number of hydrogen-bond donors (Lipinski definition) is 5. The van der Waals surface area contributed by atoms with Crippen molar-refractivity contribution in [2.75, 3.05) is 0 Å². The second-order valence-corrected chi connectivity index (χ2v) is 9.01. The highest BCUT2D eigenvalue weighted by Gasteiger charge is 2.21. The zero-order valence-corrected chi connectivity index (χ0v) is 20.8. The molecular formula is C33H30O5. The molecule has 0 aliphatic rings. The lowest BCUT2D eigenvalue weighted by molar-refractivity contribution is 0.448. The predicted molar refractivity (Wildman–Crippen MR) is 149 cm³/mol. The van der Waals surface area contributed by atoms with Crippen LogP contribution in [0, 0.1) is 0 Å². The number of phenolic OH excluding ortho intramolecular Hbond substituents is 5. The van der Waals surface area contributed by atoms with E-state index in [1.807, 2.05) is 60.7 Å². The molecule has 0 aliphatic carbocycles. The van der Waals surface area contributed by atoms with E-state index in [0.29, 0.717) is 6.42 Å². The van der Waals surface area contributed by atoms with Gasteiger partial charge in [-0.05, 0) is 72.0 Å². The molecule has 38 heavy (non-hydrogen) atoms. The van der Waals surface area contributed by atoms with Crippen LogP contribution in [0.25, 0.3) is 0 Å². The largest absolute Gasteiger partial charge is 0.508 e. The standard InChI is InChI=1S/C20H18O3.C13H12O2/c21-18-10-4-1-7-14(18)13-17(15-8-2-5-11-19(15)22)16-9-3-6-12-20(16)23;14-12-5-1-10(2-6-12)9-11-3-7-13(15)8-4-11/h1-12,17,21-23H,13H2;1-8,14-15H,9H2. The van der Waals surface area contributed by atoms with Gasteiger partial charge in [-0.25, -0.2) is 0 Å². The van der Waals surface area contributed by atoms with Crippen molar-refractivity contribution >= 4 is 0 Å². The minimum atomic E-state index is -0.259. The molecule has 5 aromatic rings. The van der Waals surface area contributed by atoms with E-state index in [9.17, 15) is 15.3 Å². The number of aromatic hydroxyl groups is 5. The van der Waals surface area contributed by atoms with Crippen LogP contribution in [0.4, 0.5) is 0 Å². The van der Waals surface area contributed by atoms with Crippen molar-refractivity contribution in [3.05, 3.63) is 149 Å². The summed E-state index contributed by atoms with van der Waals surface area (Å²) < 4.78 is 0. The molecule has 5 nitrogen and oxygen atoms in total. The Morgan fingerprint density at radius 3 is 1.24 bits per heavy atom. The fourth-order valence-electron chi connectivity index (χ4n) is 4.32. The fraction of sp³-hybridized carbons (Fsp3) is 0.0909. The molecule has 5 heteroatoms. The first kappa shape index (κ1) is 26.2. The van der Waals surface area contributed by atoms with Gasteiger partial charge in [0.15, 0.2) is 0 Å². The first-order valence-corrected chi connectivity index (χ1v) is 12.3. The Morgan fingerprint density at radius 1 is 0.421 bits per heavy atom. The van der Waals surface area contributed by atoms with Gasteiger partial charge in [-0.1, -0.05) is 78.9 Å². The summed E-state index contributed by atoms with van der Waals surface area (Å²) in [5, 5.41) is 48.8. The van der Waals surface area contributed by atoms with Crippen LogP contribution in [-0.4, -0.2) is 25.5 Å². The molecule has 0 saturated carbocycles. The predicted octanol–water partition coefficient (Wildman–Crippen LogP) is 6.87. The van der Waals surface area contributed by atoms with Crippen LogP contribution in [0.2, 0.25) is 0 Å². The molecule has 0 atom stereocenters. The third-order valence-electron chi connectivity index (χ3n) is 6.32. The lowest BCUT2D eigenvalue weighted by atomic mass is 9.84. The van der Waals surface area contributed by atoms with E-state index in [1.165, 1.54) is 0 Å². The summed E-state index contributed by atoms with van der Waals surface area (Å²) in [4.78, 5) is 0. The Kier molecular flexibility index (Phi) is 8.52. The highest BCUT2D eigenvalue weighted by Crippen LogP contribution is 2.38. The SMILES string of the molecule is Oc1ccc(Cc2ccc(O)cc2)cc1.Oc1ccccc1CC(c1ccccc1O)c1ccccc1O. The van der Waals surface area contributed by atoms with Crippen LogP contribution < -0.4 is 0 Å². The van der Waals surface area contributed by atoms with Crippen LogP contribution in [0.5, 0.6) is 28.7 Å². The van der Waals surface area contributed by atoms with E-state index < -0.39 is 0 Å². The van der Waals surface area contributed by atoms with Crippen molar-refractivity contribution in [2.45, 2.75) is 18.8 Å². The number of phenols is 5. The Morgan fingerprint density at radius 2 is 0.816 bits per heavy atom. The molecule has 0 aliphatic heterocycles. The van der Waals surface area contributed by atoms with Gasteiger partial charge in [0, 0.05) is 17.0 Å². The van der Waals surface area contributed by atoms with Gasteiger partial charge in [0.25, 0.3) is 0 Å². The topological polar surface area (TPSA) is 101 Å². The maximum Gasteiger partial charge on any atom is 0.119 e. The molecular weight excluding hydrogens is 476 g/mol. The highest BCUT2D eigenvalue weighted by molar-refractivity contribution is 5.48. The van der Waals surface area contributed by atoms with Crippen molar-refractivity contribution in [2.24, 2.45) is 0 Å². The number of para-hydroxylation sites is 3. The summed E-state index contributed by atoms with van der Waals surface area (Å²) in [7, 11) is 0. The van der Waals surface area contributed by atoms with Crippen molar-refractivity contribution in [3.8, 4) is 28.7 Å². The van der Waals surface area contributed by atoms with Crippen LogP contribution in [-0.2, 0) is 12.8 Å². The van der Waals surface area contributed by atoms with Crippen LogP contribution in [0.3, 0.4) is 0 Å². The average Bonchev–Trinajstić information content (AvgIpc) is 2.92. The van der Waals surface area contributed by atoms with Gasteiger partial charge in [-0.2, -0.15) is 0 Å². The van der Waals surface area contributed by atoms with Crippen LogP contribution in [0.15, 0.2) is 121 Å². The van der Waals surface area contributed by atoms with Crippen molar-refractivity contribution in [3.63, 3.8) is 0 Å². The smallest absolute Gasteiger partial charge is 0.119 e. The molecule has 0 fully saturated rings. The van der Waals surface area contributed by atoms with E-state index in [4.69, 9.17) is 10.2 Å². The summed E-state index contributed by atoms with van der Waals surface area (Å²) in [6, 6.07) is 35.6. The lowest BCUT2D eigenvalue weighted by Gasteiger charge is -2.20. The van der Waals surface area contributed by atoms with Gasteiger partial charge in [-0.15, -0.1) is 0 Å². The van der Waals surface area contributed by atoms with E-state index in [1.54, 1.807) is 60.7 Å². The Hall–Kier alpha value is -4.90. The molecule has 192 valence electrons. The van der Waals surface area contributed by atoms with Gasteiger partial charge >= 0.3 is 0 Å². The van der Waals surface area contributed by atoms with E-state index in [-0.39, 0.29) is 34.7 Å². The molecule has 0 heterocycles. The summed E-state index contributed by atoms with van der Waals surface area (Å²) in [6.45, 7) is 0. The third kappa shape index (κ3) is 6.86. The first-order valence-electron chi connectivity index (χ1n) is 12.3. The summed E-state index contributed by atoms with van der Waals surface area (Å²) >= 11 is 0. The van der Waals surface area contributed by atoms with Crippen LogP contribution in [0.1, 0.15) is 33.7 Å². The number of hydrogen-bond acceptors (Lipinski definition) is 5. The quantitative estimate of drug-likeness (QED) is 0.173. The molecule has 0 spiro atoms. The fourth-order valence-corrected chi connectivity index (χ4v) is 4.32. The maximum atomic E-state index is 10.2. The summed E-state index contributed by atoms with van der Waals surface area (Å²) in [6.07, 6.45) is 1.28. The maximum absolute atomic E-state index is 10.2. The zero-order valence-electron chi connectivity index (χ0n) is 20.8. The Labute approximate surface area is 222 Å². The molecule has 0 aromatic heterocycles. The average molecular weight is 507 g/mol. The lowest BCUT2D eigenvalue weighted by Crippen LogP contribution is -2.06. The monoisotopic (exact) mass is 506 g/mol. The van der Waals surface area contributed by atoms with Crippen molar-refractivity contribution in [1.82, 2.24) is 0 Å². The first-order chi connectivity index (χ1) is 18.4. The molecule has 0 amide bonds. The second kappa shape index (κ2) is 12.4. The molecule has 5 rings (SSSR count). The molecule has 0 bridgehead atoms.